The van der Waals surface area contributed by atoms with Gasteiger partial charge < -0.3 is 32.9 Å². The van der Waals surface area contributed by atoms with Crippen molar-refractivity contribution in [1.82, 2.24) is 10.6 Å². The summed E-state index contributed by atoms with van der Waals surface area (Å²) in [6.45, 7) is 5.24. The van der Waals surface area contributed by atoms with Gasteiger partial charge in [-0.15, -0.1) is 0 Å². The summed E-state index contributed by atoms with van der Waals surface area (Å²) >= 11 is 0. The molecule has 2 atom stereocenters. The Hall–Kier alpha value is -2.62. The maximum Gasteiger partial charge on any atom is 0.305 e. The van der Waals surface area contributed by atoms with Crippen LogP contribution in [0.2, 0.25) is 0 Å². The summed E-state index contributed by atoms with van der Waals surface area (Å²) in [7, 11) is 0. The van der Waals surface area contributed by atoms with Gasteiger partial charge in [0.05, 0.1) is 19.0 Å². The van der Waals surface area contributed by atoms with Gasteiger partial charge in [0.2, 0.25) is 5.91 Å². The molecule has 0 aromatic carbocycles. The lowest BCUT2D eigenvalue weighted by atomic mass is 10.1. The third-order valence-corrected chi connectivity index (χ3v) is 3.10. The van der Waals surface area contributed by atoms with Gasteiger partial charge in [-0.2, -0.15) is 0 Å². The number of nitrogens with zero attached hydrogens (tertiary/aromatic N) is 1. The van der Waals surface area contributed by atoms with E-state index in [-0.39, 0.29) is 12.5 Å². The topological polar surface area (TPSA) is 186 Å². The molecule has 0 aliphatic carbocycles. The minimum Gasteiger partial charge on any atom is -0.481 e. The Morgan fingerprint density at radius 1 is 1.29 bits per heavy atom. The van der Waals surface area contributed by atoms with Crippen LogP contribution in [0.4, 0.5) is 0 Å². The Morgan fingerprint density at radius 2 is 1.92 bits per heavy atom. The molecule has 0 aliphatic heterocycles. The normalized spacial score (nSPS) is 12.6. The molecule has 0 rings (SSSR count). The standard InChI is InChI=1S/C14H26N6O4/c1-8(10(15)4-3-5-18-14(16)17)19-7-12(22)20-11(9(2)21)6-13(23)24/h10-11,19H,1,3-7,15H2,2H3,(H,20,22)(H,23,24)(H4,16,17,18)/t10-,11-/m0/s1. The molecule has 0 unspecified atom stereocenters. The first-order valence-electron chi connectivity index (χ1n) is 7.38. The van der Waals surface area contributed by atoms with Crippen LogP contribution in [0.3, 0.4) is 0 Å². The largest absolute Gasteiger partial charge is 0.481 e. The molecule has 10 heteroatoms. The van der Waals surface area contributed by atoms with Crippen molar-refractivity contribution in [2.45, 2.75) is 38.3 Å². The van der Waals surface area contributed by atoms with E-state index in [0.717, 1.165) is 0 Å². The number of ketones is 1. The number of nitrogens with one attached hydrogen (secondary N) is 2. The predicted octanol–water partition coefficient (Wildman–Crippen LogP) is -1.98. The summed E-state index contributed by atoms with van der Waals surface area (Å²) in [6.07, 6.45) is 0.753. The van der Waals surface area contributed by atoms with Gasteiger partial charge in [0.25, 0.3) is 0 Å². The van der Waals surface area contributed by atoms with Crippen molar-refractivity contribution >= 4 is 23.6 Å². The first-order chi connectivity index (χ1) is 11.1. The SMILES string of the molecule is C=C(NCC(=O)N[C@@H](CC(=O)O)C(C)=O)[C@@H](N)CCCN=C(N)N. The maximum absolute atomic E-state index is 11.8. The van der Waals surface area contributed by atoms with Gasteiger partial charge in [0.1, 0.15) is 0 Å². The fourth-order valence-electron chi connectivity index (χ4n) is 1.73. The van der Waals surface area contributed by atoms with Crippen LogP contribution < -0.4 is 27.8 Å². The molecule has 0 aromatic rings. The molecule has 9 N–H and O–H groups in total. The summed E-state index contributed by atoms with van der Waals surface area (Å²) in [5, 5.41) is 13.8. The number of nitrogens with two attached hydrogens (primary N) is 3. The van der Waals surface area contributed by atoms with Crippen LogP contribution in [0.15, 0.2) is 17.3 Å². The lowest BCUT2D eigenvalue weighted by Crippen LogP contribution is -2.45. The van der Waals surface area contributed by atoms with E-state index in [1.807, 2.05) is 0 Å². The molecule has 0 saturated heterocycles. The van der Waals surface area contributed by atoms with Gasteiger partial charge in [-0.25, -0.2) is 0 Å². The average Bonchev–Trinajstić information content (AvgIpc) is 2.47. The van der Waals surface area contributed by atoms with Crippen LogP contribution in [0.5, 0.6) is 0 Å². The zero-order chi connectivity index (χ0) is 18.7. The third kappa shape index (κ3) is 10.2. The second-order valence-corrected chi connectivity index (χ2v) is 5.26. The monoisotopic (exact) mass is 342 g/mol. The molecule has 0 heterocycles. The van der Waals surface area contributed by atoms with Gasteiger partial charge in [-0.1, -0.05) is 6.58 Å². The van der Waals surface area contributed by atoms with Crippen LogP contribution in [0.25, 0.3) is 0 Å². The first-order valence-corrected chi connectivity index (χ1v) is 7.38. The number of Topliss-reactive ketones (excluding diaryl/α,β-unsaturated/α-hetero) is 1. The van der Waals surface area contributed by atoms with Crippen molar-refractivity contribution in [3.63, 3.8) is 0 Å². The number of guanidine groups is 1. The number of carboxylic acid groups (broad SMARTS) is 1. The van der Waals surface area contributed by atoms with Gasteiger partial charge in [-0.05, 0) is 19.8 Å². The number of aliphatic carboxylic acids is 1. The van der Waals surface area contributed by atoms with E-state index in [2.05, 4.69) is 22.2 Å². The minimum atomic E-state index is -1.17. The number of carbonyl (C=O) groups is 3. The highest BCUT2D eigenvalue weighted by molar-refractivity contribution is 5.91. The van der Waals surface area contributed by atoms with Crippen LogP contribution in [-0.2, 0) is 14.4 Å². The van der Waals surface area contributed by atoms with Gasteiger partial charge in [-0.3, -0.25) is 19.4 Å². The Bertz CT molecular complexity index is 501. The fraction of sp³-hybridized carbons (Fsp3) is 0.571. The van der Waals surface area contributed by atoms with Crippen molar-refractivity contribution in [2.24, 2.45) is 22.2 Å². The molecule has 0 aromatic heterocycles. The van der Waals surface area contributed by atoms with Crippen molar-refractivity contribution < 1.29 is 19.5 Å². The molecule has 0 spiro atoms. The number of carbonyl (C=O) groups excluding carboxylic acids is 2. The summed E-state index contributed by atoms with van der Waals surface area (Å²) < 4.78 is 0. The molecule has 24 heavy (non-hydrogen) atoms. The molecule has 1 amide bonds. The van der Waals surface area contributed by atoms with Crippen LogP contribution in [-0.4, -0.2) is 53.9 Å². The van der Waals surface area contributed by atoms with Gasteiger partial charge >= 0.3 is 5.97 Å². The van der Waals surface area contributed by atoms with E-state index < -0.39 is 36.2 Å². The van der Waals surface area contributed by atoms with Crippen LogP contribution in [0.1, 0.15) is 26.2 Å². The Labute approximate surface area is 140 Å². The molecular weight excluding hydrogens is 316 g/mol. The fourth-order valence-corrected chi connectivity index (χ4v) is 1.73. The minimum absolute atomic E-state index is 0.0126. The molecule has 0 aliphatic rings. The quantitative estimate of drug-likeness (QED) is 0.134. The molecule has 0 fully saturated rings. The van der Waals surface area contributed by atoms with E-state index in [9.17, 15) is 14.4 Å². The summed E-state index contributed by atoms with van der Waals surface area (Å²) in [5.41, 5.74) is 16.8. The van der Waals surface area contributed by atoms with Crippen molar-refractivity contribution in [3.05, 3.63) is 12.3 Å². The molecule has 0 saturated carbocycles. The zero-order valence-corrected chi connectivity index (χ0v) is 13.7. The molecule has 136 valence electrons. The van der Waals surface area contributed by atoms with Crippen LogP contribution >= 0.6 is 0 Å². The van der Waals surface area contributed by atoms with E-state index in [0.29, 0.717) is 25.1 Å². The van der Waals surface area contributed by atoms with Crippen LogP contribution in [0, 0.1) is 0 Å². The average molecular weight is 342 g/mol. The Balaban J connectivity index is 4.19. The Morgan fingerprint density at radius 3 is 2.42 bits per heavy atom. The van der Waals surface area contributed by atoms with Crippen molar-refractivity contribution in [2.75, 3.05) is 13.1 Å². The Kier molecular flexibility index (Phi) is 9.80. The highest BCUT2D eigenvalue weighted by atomic mass is 16.4. The number of rotatable bonds is 12. The van der Waals surface area contributed by atoms with Gasteiger partial charge in [0, 0.05) is 18.3 Å². The molecule has 0 bridgehead atoms. The lowest BCUT2D eigenvalue weighted by molar-refractivity contribution is -0.139. The number of hydrogen-bond acceptors (Lipinski definition) is 6. The van der Waals surface area contributed by atoms with E-state index >= 15 is 0 Å². The second kappa shape index (κ2) is 11.0. The summed E-state index contributed by atoms with van der Waals surface area (Å²) in [5.74, 6) is -2.11. The molecule has 0 radical (unpaired) electrons. The summed E-state index contributed by atoms with van der Waals surface area (Å²) in [4.78, 5) is 37.5. The zero-order valence-electron chi connectivity index (χ0n) is 13.7. The molecular formula is C14H26N6O4. The first kappa shape index (κ1) is 21.4. The van der Waals surface area contributed by atoms with Gasteiger partial charge in [0.15, 0.2) is 11.7 Å². The highest BCUT2D eigenvalue weighted by Gasteiger charge is 2.20. The van der Waals surface area contributed by atoms with E-state index in [4.69, 9.17) is 22.3 Å². The van der Waals surface area contributed by atoms with E-state index in [1.165, 1.54) is 6.92 Å². The number of hydrogen-bond donors (Lipinski definition) is 6. The van der Waals surface area contributed by atoms with Crippen molar-refractivity contribution in [3.8, 4) is 0 Å². The number of amides is 1. The lowest BCUT2D eigenvalue weighted by Gasteiger charge is -2.18. The van der Waals surface area contributed by atoms with Crippen molar-refractivity contribution in [1.29, 1.82) is 0 Å². The van der Waals surface area contributed by atoms with E-state index in [1.54, 1.807) is 0 Å². The second-order valence-electron chi connectivity index (χ2n) is 5.26. The summed E-state index contributed by atoms with van der Waals surface area (Å²) in [6, 6.07) is -1.45. The smallest absolute Gasteiger partial charge is 0.305 e. The highest BCUT2D eigenvalue weighted by Crippen LogP contribution is 2.02. The number of aliphatic imine (C=N–C) groups is 1. The predicted molar refractivity (Wildman–Crippen MR) is 89.9 cm³/mol. The third-order valence-electron chi connectivity index (χ3n) is 3.10. The number of carboxylic acids is 1. The maximum atomic E-state index is 11.8. The molecule has 10 nitrogen and oxygen atoms in total.